The predicted molar refractivity (Wildman–Crippen MR) is 110 cm³/mol. The Labute approximate surface area is 168 Å². The first-order valence-electron chi connectivity index (χ1n) is 9.06. The van der Waals surface area contributed by atoms with E-state index in [0.29, 0.717) is 5.16 Å². The molecular weight excluding hydrogens is 373 g/mol. The molecule has 0 unspecified atom stereocenters. The maximum absolute atomic E-state index is 13.1. The van der Waals surface area contributed by atoms with Gasteiger partial charge < -0.3 is 5.32 Å². The minimum Gasteiger partial charge on any atom is -0.349 e. The second-order valence-electron chi connectivity index (χ2n) is 6.59. The van der Waals surface area contributed by atoms with Crippen LogP contribution in [0, 0.1) is 12.7 Å². The van der Waals surface area contributed by atoms with Crippen LogP contribution in [0.1, 0.15) is 31.1 Å². The Morgan fingerprint density at radius 3 is 2.39 bits per heavy atom. The predicted octanol–water partition coefficient (Wildman–Crippen LogP) is 4.95. The number of halogens is 1. The second kappa shape index (κ2) is 8.97. The number of nitrogens with one attached hydrogen (secondary N) is 1. The highest BCUT2D eigenvalue weighted by atomic mass is 32.2. The van der Waals surface area contributed by atoms with Crippen LogP contribution in [0.25, 0.3) is 11.3 Å². The van der Waals surface area contributed by atoms with E-state index < -0.39 is 0 Å². The maximum atomic E-state index is 13.1. The van der Waals surface area contributed by atoms with Crippen molar-refractivity contribution in [3.05, 3.63) is 77.7 Å². The Hall–Kier alpha value is -2.73. The number of carbonyl (C=O) groups excluding carboxylic acids is 1. The summed E-state index contributed by atoms with van der Waals surface area (Å²) in [6.07, 6.45) is 0. The molecule has 28 heavy (non-hydrogen) atoms. The molecule has 6 heteroatoms. The van der Waals surface area contributed by atoms with Crippen molar-refractivity contribution in [3.8, 4) is 11.3 Å². The highest BCUT2D eigenvalue weighted by molar-refractivity contribution is 8.00. The number of thioether (sulfide) groups is 1. The van der Waals surface area contributed by atoms with Gasteiger partial charge in [-0.25, -0.2) is 14.4 Å². The van der Waals surface area contributed by atoms with Gasteiger partial charge in [-0.15, -0.1) is 0 Å². The van der Waals surface area contributed by atoms with Crippen LogP contribution < -0.4 is 5.32 Å². The summed E-state index contributed by atoms with van der Waals surface area (Å²) in [5, 5.41) is 3.16. The van der Waals surface area contributed by atoms with Crippen LogP contribution in [-0.4, -0.2) is 21.1 Å². The lowest BCUT2D eigenvalue weighted by Crippen LogP contribution is -2.33. The fourth-order valence-electron chi connectivity index (χ4n) is 2.73. The molecule has 0 saturated carbocycles. The molecule has 0 spiro atoms. The third-order valence-electron chi connectivity index (χ3n) is 4.28. The Morgan fingerprint density at radius 2 is 1.71 bits per heavy atom. The summed E-state index contributed by atoms with van der Waals surface area (Å²) in [5.41, 5.74) is 3.55. The van der Waals surface area contributed by atoms with Crippen LogP contribution >= 0.6 is 11.8 Å². The van der Waals surface area contributed by atoms with Crippen molar-refractivity contribution in [3.63, 3.8) is 0 Å². The van der Waals surface area contributed by atoms with Crippen molar-refractivity contribution in [2.75, 3.05) is 0 Å². The van der Waals surface area contributed by atoms with E-state index in [-0.39, 0.29) is 23.0 Å². The summed E-state index contributed by atoms with van der Waals surface area (Å²) < 4.78 is 13.1. The zero-order valence-corrected chi connectivity index (χ0v) is 16.8. The normalized spacial score (nSPS) is 13.0. The number of amides is 1. The van der Waals surface area contributed by atoms with E-state index in [4.69, 9.17) is 0 Å². The molecule has 1 heterocycles. The summed E-state index contributed by atoms with van der Waals surface area (Å²) in [6.45, 7) is 5.62. The molecule has 1 aromatic heterocycles. The lowest BCUT2D eigenvalue weighted by Gasteiger charge is -2.17. The standard InChI is InChI=1S/C22H22FN3OS/c1-14-13-20(18-7-5-4-6-8-18)26-22(24-14)28-16(3)21(27)25-15(2)17-9-11-19(23)12-10-17/h4-13,15-16H,1-3H3,(H,25,27)/t15-,16-/m1/s1. The molecule has 0 saturated heterocycles. The highest BCUT2D eigenvalue weighted by Crippen LogP contribution is 2.25. The first-order chi connectivity index (χ1) is 13.4. The van der Waals surface area contributed by atoms with E-state index >= 15 is 0 Å². The largest absolute Gasteiger partial charge is 0.349 e. The van der Waals surface area contributed by atoms with Crippen molar-refractivity contribution in [1.29, 1.82) is 0 Å². The molecule has 2 atom stereocenters. The summed E-state index contributed by atoms with van der Waals surface area (Å²) in [7, 11) is 0. The maximum Gasteiger partial charge on any atom is 0.233 e. The lowest BCUT2D eigenvalue weighted by molar-refractivity contribution is -0.120. The molecule has 0 aliphatic rings. The lowest BCUT2D eigenvalue weighted by atomic mass is 10.1. The van der Waals surface area contributed by atoms with Gasteiger partial charge in [-0.1, -0.05) is 54.2 Å². The van der Waals surface area contributed by atoms with E-state index in [9.17, 15) is 9.18 Å². The van der Waals surface area contributed by atoms with Crippen LogP contribution in [0.3, 0.4) is 0 Å². The summed E-state index contributed by atoms with van der Waals surface area (Å²) >= 11 is 1.32. The minimum absolute atomic E-state index is 0.117. The summed E-state index contributed by atoms with van der Waals surface area (Å²) in [5.74, 6) is -0.412. The first-order valence-corrected chi connectivity index (χ1v) is 9.94. The van der Waals surface area contributed by atoms with Gasteiger partial charge in [0, 0.05) is 11.3 Å². The van der Waals surface area contributed by atoms with Gasteiger partial charge in [0.05, 0.1) is 17.0 Å². The fourth-order valence-corrected chi connectivity index (χ4v) is 3.57. The molecule has 0 radical (unpaired) electrons. The minimum atomic E-state index is -0.367. The summed E-state index contributed by atoms with van der Waals surface area (Å²) in [6, 6.07) is 17.7. The second-order valence-corrected chi connectivity index (χ2v) is 7.89. The number of aryl methyl sites for hydroxylation is 1. The number of hydrogen-bond donors (Lipinski definition) is 1. The topological polar surface area (TPSA) is 54.9 Å². The van der Waals surface area contributed by atoms with Crippen molar-refractivity contribution in [1.82, 2.24) is 15.3 Å². The molecule has 0 aliphatic heterocycles. The van der Waals surface area contributed by atoms with Crippen LogP contribution in [0.15, 0.2) is 65.8 Å². The number of benzene rings is 2. The Morgan fingerprint density at radius 1 is 1.04 bits per heavy atom. The van der Waals surface area contributed by atoms with Gasteiger partial charge >= 0.3 is 0 Å². The molecule has 0 fully saturated rings. The van der Waals surface area contributed by atoms with Crippen molar-refractivity contribution in [2.24, 2.45) is 0 Å². The van der Waals surface area contributed by atoms with Crippen LogP contribution in [0.2, 0.25) is 0 Å². The van der Waals surface area contributed by atoms with Gasteiger partial charge in [0.25, 0.3) is 0 Å². The average molecular weight is 396 g/mol. The molecule has 3 aromatic rings. The Balaban J connectivity index is 1.68. The SMILES string of the molecule is Cc1cc(-c2ccccc2)nc(S[C@H](C)C(=O)N[C@H](C)c2ccc(F)cc2)n1. The molecule has 0 aliphatic carbocycles. The third kappa shape index (κ3) is 5.16. The highest BCUT2D eigenvalue weighted by Gasteiger charge is 2.19. The van der Waals surface area contributed by atoms with Crippen LogP contribution in [0.4, 0.5) is 4.39 Å². The number of aromatic nitrogens is 2. The third-order valence-corrected chi connectivity index (χ3v) is 5.24. The molecule has 144 valence electrons. The van der Waals surface area contributed by atoms with Gasteiger partial charge in [-0.3, -0.25) is 4.79 Å². The molecule has 2 aromatic carbocycles. The average Bonchev–Trinajstić information content (AvgIpc) is 2.68. The smallest absolute Gasteiger partial charge is 0.233 e. The zero-order valence-electron chi connectivity index (χ0n) is 16.0. The summed E-state index contributed by atoms with van der Waals surface area (Å²) in [4.78, 5) is 21.6. The molecule has 3 rings (SSSR count). The molecule has 0 bridgehead atoms. The van der Waals surface area contributed by atoms with E-state index in [1.54, 1.807) is 12.1 Å². The van der Waals surface area contributed by atoms with Gasteiger partial charge in [0.2, 0.25) is 5.91 Å². The van der Waals surface area contributed by atoms with E-state index in [0.717, 1.165) is 22.5 Å². The molecule has 1 amide bonds. The van der Waals surface area contributed by atoms with E-state index in [1.165, 1.54) is 23.9 Å². The quantitative estimate of drug-likeness (QED) is 0.474. The van der Waals surface area contributed by atoms with Gasteiger partial charge in [-0.05, 0) is 44.5 Å². The van der Waals surface area contributed by atoms with E-state index in [1.807, 2.05) is 57.2 Å². The van der Waals surface area contributed by atoms with Crippen molar-refractivity contribution >= 4 is 17.7 Å². The van der Waals surface area contributed by atoms with Crippen LogP contribution in [-0.2, 0) is 4.79 Å². The molecule has 4 nitrogen and oxygen atoms in total. The number of hydrogen-bond acceptors (Lipinski definition) is 4. The van der Waals surface area contributed by atoms with Crippen LogP contribution in [0.5, 0.6) is 0 Å². The fraction of sp³-hybridized carbons (Fsp3) is 0.227. The Bertz CT molecular complexity index is 948. The van der Waals surface area contributed by atoms with E-state index in [2.05, 4.69) is 15.3 Å². The zero-order chi connectivity index (χ0) is 20.1. The number of nitrogens with zero attached hydrogens (tertiary/aromatic N) is 2. The van der Waals surface area contributed by atoms with Gasteiger partial charge in [0.1, 0.15) is 5.82 Å². The molecule has 1 N–H and O–H groups in total. The van der Waals surface area contributed by atoms with Crippen molar-refractivity contribution < 1.29 is 9.18 Å². The Kier molecular flexibility index (Phi) is 6.41. The number of rotatable bonds is 6. The molecular formula is C22H22FN3OS. The monoisotopic (exact) mass is 395 g/mol. The number of carbonyl (C=O) groups is 1. The van der Waals surface area contributed by atoms with Gasteiger partial charge in [-0.2, -0.15) is 0 Å². The van der Waals surface area contributed by atoms with Crippen molar-refractivity contribution in [2.45, 2.75) is 37.2 Å². The first kappa shape index (κ1) is 20.0. The van der Waals surface area contributed by atoms with Gasteiger partial charge in [0.15, 0.2) is 5.16 Å².